The fourth-order valence-electron chi connectivity index (χ4n) is 4.41. The van der Waals surface area contributed by atoms with Crippen molar-refractivity contribution in [3.05, 3.63) is 74.6 Å². The SMILES string of the molecule is Cc1c(Cc2ccc(C#N)cc2F)cc2c(=O)n([C@@H]3CCCC[C@H]3O)cnc2c1C. The predicted octanol–water partition coefficient (Wildman–Crippen LogP) is 4.09. The van der Waals surface area contributed by atoms with E-state index < -0.39 is 11.9 Å². The molecule has 4 rings (SSSR count). The van der Waals surface area contributed by atoms with Gasteiger partial charge in [-0.1, -0.05) is 18.9 Å². The first kappa shape index (κ1) is 20.2. The van der Waals surface area contributed by atoms with Crippen molar-refractivity contribution < 1.29 is 9.50 Å². The molecule has 0 aliphatic heterocycles. The maximum absolute atomic E-state index is 14.4. The number of hydrogen-bond donors (Lipinski definition) is 1. The van der Waals surface area contributed by atoms with Crippen LogP contribution in [-0.2, 0) is 6.42 Å². The summed E-state index contributed by atoms with van der Waals surface area (Å²) in [6, 6.07) is 7.93. The van der Waals surface area contributed by atoms with Crippen molar-refractivity contribution >= 4 is 10.9 Å². The average molecular weight is 405 g/mol. The highest BCUT2D eigenvalue weighted by molar-refractivity contribution is 5.83. The number of rotatable bonds is 3. The third-order valence-electron chi connectivity index (χ3n) is 6.36. The number of aromatic nitrogens is 2. The minimum Gasteiger partial charge on any atom is -0.391 e. The second kappa shape index (κ2) is 8.00. The van der Waals surface area contributed by atoms with Crippen LogP contribution >= 0.6 is 0 Å². The van der Waals surface area contributed by atoms with Gasteiger partial charge in [0.1, 0.15) is 5.82 Å². The van der Waals surface area contributed by atoms with Gasteiger partial charge >= 0.3 is 0 Å². The number of halogens is 1. The number of hydrogen-bond acceptors (Lipinski definition) is 4. The summed E-state index contributed by atoms with van der Waals surface area (Å²) in [6.07, 6.45) is 4.70. The van der Waals surface area contributed by atoms with Crippen LogP contribution in [0, 0.1) is 31.0 Å². The van der Waals surface area contributed by atoms with E-state index in [0.29, 0.717) is 29.3 Å². The fourth-order valence-corrected chi connectivity index (χ4v) is 4.41. The van der Waals surface area contributed by atoms with E-state index in [0.717, 1.165) is 36.0 Å². The van der Waals surface area contributed by atoms with Crippen LogP contribution in [0.5, 0.6) is 0 Å². The molecule has 0 saturated heterocycles. The standard InChI is InChI=1S/C24H24FN3O2/c1-14-15(2)23-19(11-18(14)10-17-8-7-16(12-26)9-20(17)25)24(30)28(13-27-23)21-5-3-4-6-22(21)29/h7-9,11,13,21-22,29H,3-6,10H2,1-2H3/t21-,22-/m1/s1. The van der Waals surface area contributed by atoms with E-state index in [-0.39, 0.29) is 17.2 Å². The van der Waals surface area contributed by atoms with Crippen LogP contribution in [0.1, 0.15) is 59.5 Å². The van der Waals surface area contributed by atoms with E-state index in [4.69, 9.17) is 5.26 Å². The van der Waals surface area contributed by atoms with Crippen molar-refractivity contribution in [2.45, 2.75) is 58.1 Å². The van der Waals surface area contributed by atoms with E-state index in [2.05, 4.69) is 4.98 Å². The largest absolute Gasteiger partial charge is 0.391 e. The Hall–Kier alpha value is -3.04. The molecule has 1 aliphatic carbocycles. The first-order chi connectivity index (χ1) is 14.4. The van der Waals surface area contributed by atoms with Gasteiger partial charge in [0.15, 0.2) is 0 Å². The van der Waals surface area contributed by atoms with Crippen molar-refractivity contribution in [3.63, 3.8) is 0 Å². The summed E-state index contributed by atoms with van der Waals surface area (Å²) < 4.78 is 16.0. The summed E-state index contributed by atoms with van der Waals surface area (Å²) in [5.74, 6) is -0.430. The normalized spacial score (nSPS) is 19.0. The van der Waals surface area contributed by atoms with Gasteiger partial charge in [0.2, 0.25) is 0 Å². The molecule has 1 heterocycles. The van der Waals surface area contributed by atoms with Crippen molar-refractivity contribution in [1.82, 2.24) is 9.55 Å². The van der Waals surface area contributed by atoms with Gasteiger partial charge in [-0.05, 0) is 67.1 Å². The third-order valence-corrected chi connectivity index (χ3v) is 6.36. The molecule has 30 heavy (non-hydrogen) atoms. The zero-order chi connectivity index (χ0) is 21.4. The van der Waals surface area contributed by atoms with Gasteiger partial charge in [-0.15, -0.1) is 0 Å². The topological polar surface area (TPSA) is 78.9 Å². The van der Waals surface area contributed by atoms with Crippen LogP contribution in [0.15, 0.2) is 35.4 Å². The van der Waals surface area contributed by atoms with Crippen LogP contribution in [0.4, 0.5) is 4.39 Å². The summed E-state index contributed by atoms with van der Waals surface area (Å²) in [6.45, 7) is 3.87. The van der Waals surface area contributed by atoms with Gasteiger partial charge in [-0.3, -0.25) is 9.36 Å². The van der Waals surface area contributed by atoms with Crippen LogP contribution in [0.2, 0.25) is 0 Å². The Morgan fingerprint density at radius 2 is 1.97 bits per heavy atom. The Kier molecular flexibility index (Phi) is 5.40. The average Bonchev–Trinajstić information content (AvgIpc) is 2.74. The van der Waals surface area contributed by atoms with E-state index in [9.17, 15) is 14.3 Å². The maximum Gasteiger partial charge on any atom is 0.261 e. The van der Waals surface area contributed by atoms with Crippen molar-refractivity contribution in [1.29, 1.82) is 5.26 Å². The van der Waals surface area contributed by atoms with Gasteiger partial charge in [0.25, 0.3) is 5.56 Å². The Morgan fingerprint density at radius 3 is 2.67 bits per heavy atom. The molecule has 3 aromatic rings. The lowest BCUT2D eigenvalue weighted by Crippen LogP contribution is -2.34. The summed E-state index contributed by atoms with van der Waals surface area (Å²) in [4.78, 5) is 17.8. The van der Waals surface area contributed by atoms with Crippen molar-refractivity contribution in [2.24, 2.45) is 0 Å². The molecular formula is C24H24FN3O2. The predicted molar refractivity (Wildman–Crippen MR) is 113 cm³/mol. The van der Waals surface area contributed by atoms with E-state index in [1.54, 1.807) is 29.1 Å². The van der Waals surface area contributed by atoms with Crippen LogP contribution < -0.4 is 5.56 Å². The zero-order valence-electron chi connectivity index (χ0n) is 17.2. The Labute approximate surface area is 174 Å². The highest BCUT2D eigenvalue weighted by Gasteiger charge is 2.26. The lowest BCUT2D eigenvalue weighted by Gasteiger charge is -2.29. The number of fused-ring (bicyclic) bond motifs is 1. The number of aliphatic hydroxyl groups is 1. The first-order valence-electron chi connectivity index (χ1n) is 10.3. The summed E-state index contributed by atoms with van der Waals surface area (Å²) in [7, 11) is 0. The molecule has 0 radical (unpaired) electrons. The zero-order valence-corrected chi connectivity index (χ0v) is 17.2. The Balaban J connectivity index is 1.81. The molecule has 2 atom stereocenters. The summed E-state index contributed by atoms with van der Waals surface area (Å²) >= 11 is 0. The monoisotopic (exact) mass is 405 g/mol. The highest BCUT2D eigenvalue weighted by Crippen LogP contribution is 2.29. The molecule has 2 aromatic carbocycles. The number of aryl methyl sites for hydroxylation is 1. The molecule has 1 saturated carbocycles. The van der Waals surface area contributed by atoms with Crippen molar-refractivity contribution in [3.8, 4) is 6.07 Å². The molecule has 5 nitrogen and oxygen atoms in total. The Morgan fingerprint density at radius 1 is 1.20 bits per heavy atom. The Bertz CT molecular complexity index is 1230. The molecule has 1 fully saturated rings. The smallest absolute Gasteiger partial charge is 0.261 e. The fraction of sp³-hybridized carbons (Fsp3) is 0.375. The van der Waals surface area contributed by atoms with Crippen LogP contribution in [-0.4, -0.2) is 20.8 Å². The number of benzene rings is 2. The lowest BCUT2D eigenvalue weighted by molar-refractivity contribution is 0.0735. The number of nitrogens with zero attached hydrogens (tertiary/aromatic N) is 3. The first-order valence-corrected chi connectivity index (χ1v) is 10.3. The van der Waals surface area contributed by atoms with E-state index in [1.807, 2.05) is 19.9 Å². The van der Waals surface area contributed by atoms with E-state index >= 15 is 0 Å². The third kappa shape index (κ3) is 3.50. The minimum atomic E-state index is -0.547. The number of nitriles is 1. The van der Waals surface area contributed by atoms with Crippen molar-refractivity contribution in [2.75, 3.05) is 0 Å². The molecule has 154 valence electrons. The lowest BCUT2D eigenvalue weighted by atomic mass is 9.92. The molecule has 1 aromatic heterocycles. The quantitative estimate of drug-likeness (QED) is 0.712. The van der Waals surface area contributed by atoms with Gasteiger partial charge in [-0.2, -0.15) is 5.26 Å². The minimum absolute atomic E-state index is 0.171. The van der Waals surface area contributed by atoms with Gasteiger partial charge in [-0.25, -0.2) is 9.37 Å². The molecule has 0 unspecified atom stereocenters. The molecule has 6 heteroatoms. The summed E-state index contributed by atoms with van der Waals surface area (Å²) in [5, 5.41) is 19.8. The molecule has 1 N–H and O–H groups in total. The molecule has 0 spiro atoms. The highest BCUT2D eigenvalue weighted by atomic mass is 19.1. The molecule has 0 bridgehead atoms. The maximum atomic E-state index is 14.4. The van der Waals surface area contributed by atoms with Crippen LogP contribution in [0.3, 0.4) is 0 Å². The summed E-state index contributed by atoms with van der Waals surface area (Å²) in [5.41, 5.74) is 3.94. The molecule has 1 aliphatic rings. The van der Waals surface area contributed by atoms with Crippen LogP contribution in [0.25, 0.3) is 10.9 Å². The second-order valence-corrected chi connectivity index (χ2v) is 8.15. The second-order valence-electron chi connectivity index (χ2n) is 8.15. The van der Waals surface area contributed by atoms with Gasteiger partial charge in [0, 0.05) is 6.42 Å². The molecular weight excluding hydrogens is 381 g/mol. The molecule has 0 amide bonds. The number of aliphatic hydroxyl groups excluding tert-OH is 1. The van der Waals surface area contributed by atoms with Gasteiger partial charge < -0.3 is 5.11 Å². The van der Waals surface area contributed by atoms with Gasteiger partial charge in [0.05, 0.1) is 41.0 Å². The van der Waals surface area contributed by atoms with E-state index in [1.165, 1.54) is 6.07 Å².